The van der Waals surface area contributed by atoms with Crippen LogP contribution >= 0.6 is 11.6 Å². The fraction of sp³-hybridized carbons (Fsp3) is 0.727. The summed E-state index contributed by atoms with van der Waals surface area (Å²) in [4.78, 5) is 0. The third-order valence-corrected chi connectivity index (χ3v) is 3.00. The van der Waals surface area contributed by atoms with Crippen molar-refractivity contribution in [3.05, 3.63) is 16.4 Å². The van der Waals surface area contributed by atoms with Crippen LogP contribution < -0.4 is 5.32 Å². The first-order chi connectivity index (χ1) is 7.16. The molecule has 15 heavy (non-hydrogen) atoms. The molecule has 0 amide bonds. The molecular weight excluding hydrogens is 210 g/mol. The van der Waals surface area contributed by atoms with E-state index in [1.165, 1.54) is 19.3 Å². The number of aromatic nitrogens is 2. The summed E-state index contributed by atoms with van der Waals surface area (Å²) in [5.41, 5.74) is 2.14. The Balaban J connectivity index is 2.37. The van der Waals surface area contributed by atoms with Gasteiger partial charge in [0, 0.05) is 19.2 Å². The summed E-state index contributed by atoms with van der Waals surface area (Å²) in [7, 11) is 1.87. The fourth-order valence-electron chi connectivity index (χ4n) is 1.59. The Morgan fingerprint density at radius 3 is 2.67 bits per heavy atom. The van der Waals surface area contributed by atoms with Gasteiger partial charge in [0.2, 0.25) is 0 Å². The molecule has 1 N–H and O–H groups in total. The van der Waals surface area contributed by atoms with Crippen LogP contribution in [0.4, 0.5) is 0 Å². The summed E-state index contributed by atoms with van der Waals surface area (Å²) in [5.74, 6) is 0. The van der Waals surface area contributed by atoms with Gasteiger partial charge in [-0.1, -0.05) is 31.4 Å². The van der Waals surface area contributed by atoms with Crippen LogP contribution in [0.5, 0.6) is 0 Å². The zero-order valence-electron chi connectivity index (χ0n) is 9.81. The Morgan fingerprint density at radius 1 is 1.40 bits per heavy atom. The standard InChI is InChI=1S/C11H20ClN3/c1-4-5-6-7-13-8-10-9(2)14-15(3)11(10)12/h13H,4-8H2,1-3H3. The van der Waals surface area contributed by atoms with E-state index in [0.29, 0.717) is 0 Å². The molecule has 0 saturated carbocycles. The predicted octanol–water partition coefficient (Wildman–Crippen LogP) is 2.66. The molecule has 4 heteroatoms. The van der Waals surface area contributed by atoms with Crippen molar-refractivity contribution in [1.29, 1.82) is 0 Å². The van der Waals surface area contributed by atoms with Crippen LogP contribution in [0, 0.1) is 6.92 Å². The van der Waals surface area contributed by atoms with E-state index in [0.717, 1.165) is 29.5 Å². The highest BCUT2D eigenvalue weighted by Gasteiger charge is 2.09. The number of halogens is 1. The second-order valence-corrected chi connectivity index (χ2v) is 4.22. The molecule has 0 aliphatic rings. The minimum atomic E-state index is 0.746. The number of nitrogens with one attached hydrogen (secondary N) is 1. The molecule has 0 unspecified atom stereocenters. The third kappa shape index (κ3) is 3.50. The summed E-state index contributed by atoms with van der Waals surface area (Å²) in [6, 6.07) is 0. The molecule has 1 rings (SSSR count). The normalized spacial score (nSPS) is 10.9. The zero-order chi connectivity index (χ0) is 11.3. The molecule has 0 fully saturated rings. The van der Waals surface area contributed by atoms with E-state index in [1.807, 2.05) is 14.0 Å². The SMILES string of the molecule is CCCCCNCc1c(C)nn(C)c1Cl. The lowest BCUT2D eigenvalue weighted by atomic mass is 10.2. The largest absolute Gasteiger partial charge is 0.312 e. The van der Waals surface area contributed by atoms with Gasteiger partial charge in [0.1, 0.15) is 5.15 Å². The van der Waals surface area contributed by atoms with E-state index < -0.39 is 0 Å². The van der Waals surface area contributed by atoms with Gasteiger partial charge >= 0.3 is 0 Å². The van der Waals surface area contributed by atoms with Crippen LogP contribution in [0.1, 0.15) is 37.4 Å². The second-order valence-electron chi connectivity index (χ2n) is 3.86. The monoisotopic (exact) mass is 229 g/mol. The molecular formula is C11H20ClN3. The smallest absolute Gasteiger partial charge is 0.131 e. The molecule has 0 aromatic carbocycles. The Hall–Kier alpha value is -0.540. The van der Waals surface area contributed by atoms with Crippen LogP contribution in [0.15, 0.2) is 0 Å². The maximum atomic E-state index is 6.11. The number of aryl methyl sites for hydroxylation is 2. The van der Waals surface area contributed by atoms with E-state index in [-0.39, 0.29) is 0 Å². The lowest BCUT2D eigenvalue weighted by Gasteiger charge is -2.03. The molecule has 3 nitrogen and oxygen atoms in total. The number of unbranched alkanes of at least 4 members (excludes halogenated alkanes) is 2. The fourth-order valence-corrected chi connectivity index (χ4v) is 1.83. The average Bonchev–Trinajstić information content (AvgIpc) is 2.44. The third-order valence-electron chi connectivity index (χ3n) is 2.53. The number of nitrogens with zero attached hydrogens (tertiary/aromatic N) is 2. The van der Waals surface area contributed by atoms with E-state index in [2.05, 4.69) is 17.3 Å². The first-order valence-electron chi connectivity index (χ1n) is 5.55. The highest BCUT2D eigenvalue weighted by molar-refractivity contribution is 6.30. The summed E-state index contributed by atoms with van der Waals surface area (Å²) in [5, 5.41) is 8.41. The van der Waals surface area contributed by atoms with Gasteiger partial charge in [-0.25, -0.2) is 0 Å². The second kappa shape index (κ2) is 6.13. The highest BCUT2D eigenvalue weighted by Crippen LogP contribution is 2.17. The first kappa shape index (κ1) is 12.5. The molecule has 1 aromatic heterocycles. The molecule has 1 heterocycles. The minimum absolute atomic E-state index is 0.746. The van der Waals surface area contributed by atoms with Gasteiger partial charge in [-0.3, -0.25) is 4.68 Å². The van der Waals surface area contributed by atoms with Crippen LogP contribution in [-0.4, -0.2) is 16.3 Å². The van der Waals surface area contributed by atoms with Gasteiger partial charge in [-0.15, -0.1) is 0 Å². The van der Waals surface area contributed by atoms with Crippen LogP contribution in [-0.2, 0) is 13.6 Å². The van der Waals surface area contributed by atoms with E-state index in [1.54, 1.807) is 4.68 Å². The summed E-state index contributed by atoms with van der Waals surface area (Å²) < 4.78 is 1.72. The van der Waals surface area contributed by atoms with Crippen molar-refractivity contribution in [1.82, 2.24) is 15.1 Å². The molecule has 0 radical (unpaired) electrons. The molecule has 0 atom stereocenters. The number of hydrogen-bond donors (Lipinski definition) is 1. The highest BCUT2D eigenvalue weighted by atomic mass is 35.5. The Kier molecular flexibility index (Phi) is 5.12. The van der Waals surface area contributed by atoms with E-state index in [4.69, 9.17) is 11.6 Å². The van der Waals surface area contributed by atoms with Gasteiger partial charge in [0.05, 0.1) is 5.69 Å². The van der Waals surface area contributed by atoms with Crippen LogP contribution in [0.25, 0.3) is 0 Å². The van der Waals surface area contributed by atoms with Crippen LogP contribution in [0.2, 0.25) is 5.15 Å². The lowest BCUT2D eigenvalue weighted by Crippen LogP contribution is -2.15. The number of rotatable bonds is 6. The quantitative estimate of drug-likeness (QED) is 0.761. The van der Waals surface area contributed by atoms with Crippen molar-refractivity contribution in [3.63, 3.8) is 0 Å². The summed E-state index contributed by atoms with van der Waals surface area (Å²) >= 11 is 6.11. The molecule has 0 aliphatic carbocycles. The van der Waals surface area contributed by atoms with Gasteiger partial charge in [-0.05, 0) is 19.9 Å². The Bertz CT molecular complexity index is 307. The van der Waals surface area contributed by atoms with Crippen molar-refractivity contribution in [2.45, 2.75) is 39.7 Å². The molecule has 0 bridgehead atoms. The van der Waals surface area contributed by atoms with Gasteiger partial charge in [-0.2, -0.15) is 5.10 Å². The maximum Gasteiger partial charge on any atom is 0.131 e. The van der Waals surface area contributed by atoms with E-state index >= 15 is 0 Å². The summed E-state index contributed by atoms with van der Waals surface area (Å²) in [6.45, 7) is 6.08. The molecule has 0 aliphatic heterocycles. The molecule has 0 saturated heterocycles. The van der Waals surface area contributed by atoms with Gasteiger partial charge < -0.3 is 5.32 Å². The Labute approximate surface area is 96.8 Å². The Morgan fingerprint density at radius 2 is 2.13 bits per heavy atom. The lowest BCUT2D eigenvalue weighted by molar-refractivity contribution is 0.615. The van der Waals surface area contributed by atoms with E-state index in [9.17, 15) is 0 Å². The molecule has 0 spiro atoms. The van der Waals surface area contributed by atoms with Crippen molar-refractivity contribution in [3.8, 4) is 0 Å². The average molecular weight is 230 g/mol. The zero-order valence-corrected chi connectivity index (χ0v) is 10.6. The van der Waals surface area contributed by atoms with Crippen molar-refractivity contribution < 1.29 is 0 Å². The molecule has 1 aromatic rings. The number of hydrogen-bond acceptors (Lipinski definition) is 2. The predicted molar refractivity (Wildman–Crippen MR) is 64.2 cm³/mol. The van der Waals surface area contributed by atoms with Crippen molar-refractivity contribution in [2.24, 2.45) is 7.05 Å². The minimum Gasteiger partial charge on any atom is -0.312 e. The van der Waals surface area contributed by atoms with Gasteiger partial charge in [0.15, 0.2) is 0 Å². The van der Waals surface area contributed by atoms with Crippen molar-refractivity contribution >= 4 is 11.6 Å². The van der Waals surface area contributed by atoms with Crippen LogP contribution in [0.3, 0.4) is 0 Å². The summed E-state index contributed by atoms with van der Waals surface area (Å²) in [6.07, 6.45) is 3.77. The van der Waals surface area contributed by atoms with Gasteiger partial charge in [0.25, 0.3) is 0 Å². The maximum absolute atomic E-state index is 6.11. The van der Waals surface area contributed by atoms with Crippen molar-refractivity contribution in [2.75, 3.05) is 6.54 Å². The topological polar surface area (TPSA) is 29.9 Å². The first-order valence-corrected chi connectivity index (χ1v) is 5.93. The molecule has 86 valence electrons.